The zero-order valence-corrected chi connectivity index (χ0v) is 13.5. The number of carbonyl (C=O) groups is 1. The molecule has 0 saturated carbocycles. The van der Waals surface area contributed by atoms with Gasteiger partial charge in [-0.15, -0.1) is 11.3 Å². The first-order valence-corrected chi connectivity index (χ1v) is 8.40. The fourth-order valence-electron chi connectivity index (χ4n) is 3.57. The molecule has 2 fully saturated rings. The number of aryl methyl sites for hydroxylation is 1. The lowest BCUT2D eigenvalue weighted by atomic mass is 9.71. The maximum atomic E-state index is 12.0. The standard InChI is InChI=1S/C15H23N3O2S/c1-11-13(21-10-17-11)7-18-5-3-15(4-6-18)9-16-14(19)12(15)8-20-2/h10,12H,3-9H2,1-2H3,(H,16,19)/t12-/m0/s1. The zero-order valence-electron chi connectivity index (χ0n) is 12.7. The third-order valence-electron chi connectivity index (χ3n) is 5.07. The number of thiazole rings is 1. The van der Waals surface area contributed by atoms with Crippen LogP contribution in [0.25, 0.3) is 0 Å². The molecular formula is C15H23N3O2S. The Hall–Kier alpha value is -0.980. The summed E-state index contributed by atoms with van der Waals surface area (Å²) in [6.07, 6.45) is 2.13. The summed E-state index contributed by atoms with van der Waals surface area (Å²) >= 11 is 1.74. The van der Waals surface area contributed by atoms with Gasteiger partial charge in [0, 0.05) is 30.5 Å². The Morgan fingerprint density at radius 3 is 2.90 bits per heavy atom. The molecule has 1 aromatic heterocycles. The van der Waals surface area contributed by atoms with Crippen LogP contribution in [0.15, 0.2) is 5.51 Å². The molecular weight excluding hydrogens is 286 g/mol. The van der Waals surface area contributed by atoms with Gasteiger partial charge in [0.25, 0.3) is 0 Å². The highest BCUT2D eigenvalue weighted by Gasteiger charge is 2.49. The van der Waals surface area contributed by atoms with Crippen molar-refractivity contribution in [1.29, 1.82) is 0 Å². The number of carbonyl (C=O) groups excluding carboxylic acids is 1. The highest BCUT2D eigenvalue weighted by Crippen LogP contribution is 2.42. The van der Waals surface area contributed by atoms with E-state index in [0.29, 0.717) is 6.61 Å². The van der Waals surface area contributed by atoms with Crippen LogP contribution < -0.4 is 5.32 Å². The Balaban J connectivity index is 1.62. The molecule has 1 spiro atoms. The van der Waals surface area contributed by atoms with E-state index in [0.717, 1.165) is 44.7 Å². The quantitative estimate of drug-likeness (QED) is 0.914. The van der Waals surface area contributed by atoms with Crippen molar-refractivity contribution in [2.45, 2.75) is 26.3 Å². The smallest absolute Gasteiger partial charge is 0.226 e. The first kappa shape index (κ1) is 14.9. The molecule has 1 atom stereocenters. The van der Waals surface area contributed by atoms with E-state index < -0.39 is 0 Å². The lowest BCUT2D eigenvalue weighted by Crippen LogP contribution is -2.45. The number of ether oxygens (including phenoxy) is 1. The van der Waals surface area contributed by atoms with Gasteiger partial charge in [0.2, 0.25) is 5.91 Å². The van der Waals surface area contributed by atoms with E-state index in [1.807, 2.05) is 5.51 Å². The van der Waals surface area contributed by atoms with Crippen LogP contribution in [0, 0.1) is 18.3 Å². The van der Waals surface area contributed by atoms with Crippen LogP contribution in [-0.2, 0) is 16.1 Å². The molecule has 3 rings (SSSR count). The first-order valence-electron chi connectivity index (χ1n) is 7.52. The Morgan fingerprint density at radius 1 is 1.52 bits per heavy atom. The molecule has 0 unspecified atom stereocenters. The van der Waals surface area contributed by atoms with E-state index in [1.54, 1.807) is 18.4 Å². The van der Waals surface area contributed by atoms with Gasteiger partial charge >= 0.3 is 0 Å². The van der Waals surface area contributed by atoms with Crippen LogP contribution in [0.5, 0.6) is 0 Å². The average Bonchev–Trinajstić information content (AvgIpc) is 3.01. The normalized spacial score (nSPS) is 25.4. The SMILES string of the molecule is COC[C@H]1C(=O)NCC12CCN(Cc1scnc1C)CC2. The monoisotopic (exact) mass is 309 g/mol. The van der Waals surface area contributed by atoms with E-state index in [1.165, 1.54) is 4.88 Å². The number of hydrogen-bond acceptors (Lipinski definition) is 5. The van der Waals surface area contributed by atoms with Crippen molar-refractivity contribution in [1.82, 2.24) is 15.2 Å². The van der Waals surface area contributed by atoms with Gasteiger partial charge in [-0.1, -0.05) is 0 Å². The summed E-state index contributed by atoms with van der Waals surface area (Å²) in [6, 6.07) is 0. The molecule has 1 N–H and O–H groups in total. The van der Waals surface area contributed by atoms with Crippen LogP contribution in [-0.4, -0.2) is 49.1 Å². The largest absolute Gasteiger partial charge is 0.384 e. The minimum Gasteiger partial charge on any atom is -0.384 e. The van der Waals surface area contributed by atoms with E-state index in [4.69, 9.17) is 4.74 Å². The molecule has 116 valence electrons. The third-order valence-corrected chi connectivity index (χ3v) is 5.99. The molecule has 5 nitrogen and oxygen atoms in total. The number of nitrogens with one attached hydrogen (secondary N) is 1. The summed E-state index contributed by atoms with van der Waals surface area (Å²) in [6.45, 7) is 6.51. The minimum absolute atomic E-state index is 0.0230. The summed E-state index contributed by atoms with van der Waals surface area (Å²) < 4.78 is 5.27. The number of likely N-dealkylation sites (tertiary alicyclic amines) is 1. The maximum Gasteiger partial charge on any atom is 0.226 e. The Labute approximate surface area is 129 Å². The number of hydrogen-bond donors (Lipinski definition) is 1. The summed E-state index contributed by atoms with van der Waals surface area (Å²) in [7, 11) is 1.68. The number of methoxy groups -OCH3 is 1. The van der Waals surface area contributed by atoms with Crippen molar-refractivity contribution in [3.8, 4) is 0 Å². The van der Waals surface area contributed by atoms with Crippen molar-refractivity contribution < 1.29 is 9.53 Å². The Kier molecular flexibility index (Phi) is 4.28. The van der Waals surface area contributed by atoms with Crippen molar-refractivity contribution in [3.63, 3.8) is 0 Å². The predicted molar refractivity (Wildman–Crippen MR) is 82.2 cm³/mol. The molecule has 2 aliphatic rings. The molecule has 1 aromatic rings. The first-order chi connectivity index (χ1) is 10.1. The molecule has 0 bridgehead atoms. The van der Waals surface area contributed by atoms with Crippen LogP contribution in [0.1, 0.15) is 23.4 Å². The topological polar surface area (TPSA) is 54.5 Å². The van der Waals surface area contributed by atoms with E-state index >= 15 is 0 Å². The van der Waals surface area contributed by atoms with E-state index in [-0.39, 0.29) is 17.2 Å². The van der Waals surface area contributed by atoms with Gasteiger partial charge in [0.1, 0.15) is 0 Å². The number of nitrogens with zero attached hydrogens (tertiary/aromatic N) is 2. The molecule has 21 heavy (non-hydrogen) atoms. The molecule has 6 heteroatoms. The Morgan fingerprint density at radius 2 is 2.29 bits per heavy atom. The fraction of sp³-hybridized carbons (Fsp3) is 0.733. The lowest BCUT2D eigenvalue weighted by Gasteiger charge is -2.41. The minimum atomic E-state index is 0.0230. The number of rotatable bonds is 4. The number of amides is 1. The van der Waals surface area contributed by atoms with E-state index in [9.17, 15) is 4.79 Å². The maximum absolute atomic E-state index is 12.0. The van der Waals surface area contributed by atoms with E-state index in [2.05, 4.69) is 22.1 Å². The highest BCUT2D eigenvalue weighted by molar-refractivity contribution is 7.09. The summed E-state index contributed by atoms with van der Waals surface area (Å²) in [5.74, 6) is 0.193. The Bertz CT molecular complexity index is 509. The molecule has 2 aliphatic heterocycles. The van der Waals surface area contributed by atoms with Crippen molar-refractivity contribution >= 4 is 17.2 Å². The van der Waals surface area contributed by atoms with Crippen LogP contribution in [0.2, 0.25) is 0 Å². The van der Waals surface area contributed by atoms with Crippen LogP contribution in [0.4, 0.5) is 0 Å². The van der Waals surface area contributed by atoms with Gasteiger partial charge in [-0.05, 0) is 32.9 Å². The van der Waals surface area contributed by atoms with Gasteiger partial charge in [-0.2, -0.15) is 0 Å². The lowest BCUT2D eigenvalue weighted by molar-refractivity contribution is -0.126. The van der Waals surface area contributed by atoms with Gasteiger partial charge in [-0.25, -0.2) is 4.98 Å². The zero-order chi connectivity index (χ0) is 14.9. The van der Waals surface area contributed by atoms with Gasteiger partial charge in [-0.3, -0.25) is 9.69 Å². The van der Waals surface area contributed by atoms with Crippen LogP contribution in [0.3, 0.4) is 0 Å². The molecule has 0 aliphatic carbocycles. The van der Waals surface area contributed by atoms with Crippen LogP contribution >= 0.6 is 11.3 Å². The summed E-state index contributed by atoms with van der Waals surface area (Å²) in [5, 5.41) is 3.04. The predicted octanol–water partition coefficient (Wildman–Crippen LogP) is 1.43. The van der Waals surface area contributed by atoms with Gasteiger partial charge in [0.15, 0.2) is 0 Å². The second-order valence-electron chi connectivity index (χ2n) is 6.23. The molecule has 0 aromatic carbocycles. The van der Waals surface area contributed by atoms with Crippen molar-refractivity contribution in [2.75, 3.05) is 33.4 Å². The highest BCUT2D eigenvalue weighted by atomic mass is 32.1. The molecule has 2 saturated heterocycles. The number of piperidine rings is 1. The molecule has 1 amide bonds. The second-order valence-corrected chi connectivity index (χ2v) is 7.16. The number of aromatic nitrogens is 1. The van der Waals surface area contributed by atoms with Crippen molar-refractivity contribution in [2.24, 2.45) is 11.3 Å². The summed E-state index contributed by atoms with van der Waals surface area (Å²) in [5.41, 5.74) is 3.17. The second kappa shape index (κ2) is 6.02. The molecule has 0 radical (unpaired) electrons. The molecule has 3 heterocycles. The van der Waals surface area contributed by atoms with Gasteiger partial charge in [0.05, 0.1) is 23.7 Å². The summed E-state index contributed by atoms with van der Waals surface area (Å²) in [4.78, 5) is 20.2. The average molecular weight is 309 g/mol. The third kappa shape index (κ3) is 2.84. The van der Waals surface area contributed by atoms with Gasteiger partial charge < -0.3 is 10.1 Å². The fourth-order valence-corrected chi connectivity index (χ4v) is 4.39. The van der Waals surface area contributed by atoms with Crippen molar-refractivity contribution in [3.05, 3.63) is 16.1 Å².